The highest BCUT2D eigenvalue weighted by molar-refractivity contribution is 7.71. The molecule has 0 radical (unpaired) electrons. The highest BCUT2D eigenvalue weighted by Gasteiger charge is 2.33. The molecular weight excluding hydrogens is 401 g/mol. The Morgan fingerprint density at radius 3 is 2.70 bits per heavy atom. The summed E-state index contributed by atoms with van der Waals surface area (Å²) in [6.07, 6.45) is 0.605. The van der Waals surface area contributed by atoms with E-state index >= 15 is 0 Å². The van der Waals surface area contributed by atoms with Gasteiger partial charge in [0.25, 0.3) is 0 Å². The Balaban J connectivity index is 1.87. The van der Waals surface area contributed by atoms with Crippen LogP contribution in [-0.4, -0.2) is 19.2 Å². The first-order chi connectivity index (χ1) is 13.0. The molecule has 0 saturated heterocycles. The molecule has 0 aliphatic carbocycles. The first kappa shape index (κ1) is 16.9. The molecule has 3 heterocycles. The van der Waals surface area contributed by atoms with E-state index in [4.69, 9.17) is 35.4 Å². The molecule has 1 aliphatic rings. The maximum atomic E-state index is 10.7. The molecule has 4 nitrogen and oxygen atoms in total. The summed E-state index contributed by atoms with van der Waals surface area (Å²) in [6.45, 7) is 0. The van der Waals surface area contributed by atoms with Gasteiger partial charge in [0.1, 0.15) is 6.04 Å². The molecule has 1 unspecified atom stereocenters. The summed E-state index contributed by atoms with van der Waals surface area (Å²) in [5, 5.41) is 12.8. The van der Waals surface area contributed by atoms with Gasteiger partial charge in [-0.15, -0.1) is 0 Å². The predicted octanol–water partition coefficient (Wildman–Crippen LogP) is 5.59. The fourth-order valence-electron chi connectivity index (χ4n) is 4.04. The van der Waals surface area contributed by atoms with Crippen LogP contribution in [0.5, 0.6) is 5.88 Å². The van der Waals surface area contributed by atoms with E-state index < -0.39 is 0 Å². The maximum Gasteiger partial charge on any atom is 0.213 e. The van der Waals surface area contributed by atoms with Gasteiger partial charge in [0.2, 0.25) is 5.88 Å². The number of para-hydroxylation sites is 1. The number of imidazole rings is 1. The SMILES string of the molecule is Cn1c(O)c2n(c1=S)C(c1ccc(Cl)c(Cl)c1)c1[nH]c3ccccc3c1C2. The Bertz CT molecular complexity index is 1280. The van der Waals surface area contributed by atoms with Gasteiger partial charge in [-0.2, -0.15) is 0 Å². The van der Waals surface area contributed by atoms with Crippen molar-refractivity contribution < 1.29 is 5.11 Å². The van der Waals surface area contributed by atoms with Crippen LogP contribution < -0.4 is 0 Å². The van der Waals surface area contributed by atoms with Gasteiger partial charge in [0, 0.05) is 30.1 Å². The molecule has 1 aliphatic heterocycles. The fourth-order valence-corrected chi connectivity index (χ4v) is 4.65. The summed E-state index contributed by atoms with van der Waals surface area (Å²) < 4.78 is 4.20. The minimum absolute atomic E-state index is 0.195. The van der Waals surface area contributed by atoms with Gasteiger partial charge in [-0.1, -0.05) is 47.5 Å². The van der Waals surface area contributed by atoms with E-state index in [-0.39, 0.29) is 11.9 Å². The minimum atomic E-state index is -0.217. The second kappa shape index (κ2) is 5.89. The smallest absolute Gasteiger partial charge is 0.213 e. The Kier molecular flexibility index (Phi) is 3.69. The second-order valence-electron chi connectivity index (χ2n) is 6.80. The summed E-state index contributed by atoms with van der Waals surface area (Å²) in [5.74, 6) is 0.195. The highest BCUT2D eigenvalue weighted by Crippen LogP contribution is 2.43. The Labute approximate surface area is 170 Å². The molecule has 0 bridgehead atoms. The van der Waals surface area contributed by atoms with Gasteiger partial charge in [0.15, 0.2) is 4.77 Å². The largest absolute Gasteiger partial charge is 0.493 e. The number of aromatic amines is 1. The summed E-state index contributed by atoms with van der Waals surface area (Å²) in [5.41, 5.74) is 5.05. The molecule has 0 fully saturated rings. The number of benzene rings is 2. The third-order valence-corrected chi connectivity index (χ3v) is 6.55. The molecule has 2 aromatic heterocycles. The van der Waals surface area contributed by atoms with E-state index in [1.54, 1.807) is 17.7 Å². The number of aromatic hydroxyl groups is 1. The summed E-state index contributed by atoms with van der Waals surface area (Å²) >= 11 is 18.1. The van der Waals surface area contributed by atoms with Crippen LogP contribution in [0.1, 0.15) is 28.6 Å². The molecule has 27 heavy (non-hydrogen) atoms. The Morgan fingerprint density at radius 2 is 1.93 bits per heavy atom. The normalized spacial score (nSPS) is 15.7. The number of halogens is 2. The van der Waals surface area contributed by atoms with Crippen LogP contribution in [0.4, 0.5) is 0 Å². The number of nitrogens with zero attached hydrogens (tertiary/aromatic N) is 2. The summed E-state index contributed by atoms with van der Waals surface area (Å²) in [6, 6.07) is 13.6. The third kappa shape index (κ3) is 2.32. The van der Waals surface area contributed by atoms with E-state index in [0.29, 0.717) is 21.2 Å². The lowest BCUT2D eigenvalue weighted by molar-refractivity contribution is 0.424. The van der Waals surface area contributed by atoms with Crippen molar-refractivity contribution in [1.29, 1.82) is 0 Å². The molecule has 5 rings (SSSR count). The van der Waals surface area contributed by atoms with Crippen LogP contribution in [0.25, 0.3) is 10.9 Å². The minimum Gasteiger partial charge on any atom is -0.493 e. The van der Waals surface area contributed by atoms with Crippen molar-refractivity contribution in [2.75, 3.05) is 0 Å². The van der Waals surface area contributed by atoms with Crippen molar-refractivity contribution >= 4 is 46.3 Å². The molecule has 0 amide bonds. The molecule has 7 heteroatoms. The van der Waals surface area contributed by atoms with Gasteiger partial charge >= 0.3 is 0 Å². The lowest BCUT2D eigenvalue weighted by Gasteiger charge is -2.27. The second-order valence-corrected chi connectivity index (χ2v) is 7.98. The van der Waals surface area contributed by atoms with E-state index in [2.05, 4.69) is 17.1 Å². The van der Waals surface area contributed by atoms with Crippen LogP contribution in [0.3, 0.4) is 0 Å². The number of hydrogen-bond donors (Lipinski definition) is 2. The number of aromatic nitrogens is 3. The fraction of sp³-hybridized carbons (Fsp3) is 0.150. The molecule has 0 spiro atoms. The van der Waals surface area contributed by atoms with Crippen molar-refractivity contribution in [2.24, 2.45) is 7.05 Å². The average molecular weight is 416 g/mol. The van der Waals surface area contributed by atoms with Crippen molar-refractivity contribution in [2.45, 2.75) is 12.5 Å². The van der Waals surface area contributed by atoms with Crippen LogP contribution in [0, 0.1) is 4.77 Å². The summed E-state index contributed by atoms with van der Waals surface area (Å²) in [4.78, 5) is 3.56. The van der Waals surface area contributed by atoms with E-state index in [0.717, 1.165) is 33.4 Å². The number of rotatable bonds is 1. The van der Waals surface area contributed by atoms with E-state index in [1.165, 1.54) is 0 Å². The van der Waals surface area contributed by atoms with Crippen LogP contribution in [0.15, 0.2) is 42.5 Å². The van der Waals surface area contributed by atoms with Gasteiger partial charge in [-0.25, -0.2) is 0 Å². The van der Waals surface area contributed by atoms with E-state index in [1.807, 2.05) is 28.8 Å². The molecule has 1 atom stereocenters. The van der Waals surface area contributed by atoms with Crippen LogP contribution in [-0.2, 0) is 13.5 Å². The van der Waals surface area contributed by atoms with Crippen molar-refractivity contribution in [3.63, 3.8) is 0 Å². The van der Waals surface area contributed by atoms with Gasteiger partial charge < -0.3 is 14.7 Å². The maximum absolute atomic E-state index is 10.7. The highest BCUT2D eigenvalue weighted by atomic mass is 35.5. The monoisotopic (exact) mass is 415 g/mol. The van der Waals surface area contributed by atoms with Gasteiger partial charge in [0.05, 0.1) is 15.7 Å². The Morgan fingerprint density at radius 1 is 1.15 bits per heavy atom. The van der Waals surface area contributed by atoms with Gasteiger partial charge in [-0.05, 0) is 41.5 Å². The zero-order valence-corrected chi connectivity index (χ0v) is 16.7. The molecule has 2 aromatic carbocycles. The Hall–Kier alpha value is -2.21. The van der Waals surface area contributed by atoms with Crippen LogP contribution in [0.2, 0.25) is 10.0 Å². The first-order valence-corrected chi connectivity index (χ1v) is 9.67. The number of nitrogens with one attached hydrogen (secondary N) is 1. The van der Waals surface area contributed by atoms with Crippen LogP contribution >= 0.6 is 35.4 Å². The number of hydrogen-bond acceptors (Lipinski definition) is 2. The predicted molar refractivity (Wildman–Crippen MR) is 111 cm³/mol. The summed E-state index contributed by atoms with van der Waals surface area (Å²) in [7, 11) is 1.78. The van der Waals surface area contributed by atoms with E-state index in [9.17, 15) is 5.11 Å². The molecular formula is C20H15Cl2N3OS. The van der Waals surface area contributed by atoms with Crippen molar-refractivity contribution in [3.05, 3.63) is 79.8 Å². The average Bonchev–Trinajstić information content (AvgIpc) is 3.14. The van der Waals surface area contributed by atoms with Gasteiger partial charge in [-0.3, -0.25) is 4.57 Å². The van der Waals surface area contributed by atoms with Crippen molar-refractivity contribution in [1.82, 2.24) is 14.1 Å². The molecule has 136 valence electrons. The molecule has 2 N–H and O–H groups in total. The standard InChI is InChI=1S/C20H15Cl2N3OS/c1-24-19(26)16-9-12-11-4-2-3-5-15(11)23-17(12)18(25(16)20(24)27)10-6-7-13(21)14(22)8-10/h2-8,18,23,26H,9H2,1H3. The molecule has 0 saturated carbocycles. The first-order valence-electron chi connectivity index (χ1n) is 8.51. The topological polar surface area (TPSA) is 45.9 Å². The lowest BCUT2D eigenvalue weighted by Crippen LogP contribution is -2.21. The molecule has 4 aromatic rings. The zero-order valence-electron chi connectivity index (χ0n) is 14.3. The quantitative estimate of drug-likeness (QED) is 0.350. The van der Waals surface area contributed by atoms with Crippen molar-refractivity contribution in [3.8, 4) is 5.88 Å². The third-order valence-electron chi connectivity index (χ3n) is 5.34. The number of H-pyrrole nitrogens is 1. The number of fused-ring (bicyclic) bond motifs is 4. The lowest BCUT2D eigenvalue weighted by atomic mass is 9.93. The zero-order chi connectivity index (χ0) is 18.9.